The molecule has 0 saturated heterocycles. The van der Waals surface area contributed by atoms with Crippen LogP contribution in [0.4, 0.5) is 17.6 Å². The summed E-state index contributed by atoms with van der Waals surface area (Å²) in [4.78, 5) is 37.1. The molecule has 4 rings (SSSR count). The Labute approximate surface area is 198 Å². The summed E-state index contributed by atoms with van der Waals surface area (Å²) in [5.41, 5.74) is -1.06. The van der Waals surface area contributed by atoms with Crippen LogP contribution in [-0.4, -0.2) is 48.7 Å². The van der Waals surface area contributed by atoms with Crippen LogP contribution < -0.4 is 9.47 Å². The Morgan fingerprint density at radius 3 is 2.31 bits per heavy atom. The van der Waals surface area contributed by atoms with Gasteiger partial charge >= 0.3 is 39.2 Å². The normalized spacial score (nSPS) is 13.8. The van der Waals surface area contributed by atoms with E-state index in [4.69, 9.17) is 23.2 Å². The molecule has 1 N–H and O–H groups in total. The van der Waals surface area contributed by atoms with Crippen molar-refractivity contribution in [3.05, 3.63) is 47.0 Å². The first-order valence-electron chi connectivity index (χ1n) is 10.1. The number of carbonyl (C=O) groups is 3. The number of hydrogen-bond acceptors (Lipinski definition) is 9. The molecule has 1 aliphatic heterocycles. The van der Waals surface area contributed by atoms with E-state index < -0.39 is 70.6 Å². The fourth-order valence-corrected chi connectivity index (χ4v) is 3.90. The molecule has 1 aliphatic rings. The van der Waals surface area contributed by atoms with Gasteiger partial charge in [0.25, 0.3) is 0 Å². The van der Waals surface area contributed by atoms with E-state index in [1.165, 1.54) is 12.1 Å². The zero-order valence-corrected chi connectivity index (χ0v) is 18.6. The number of esters is 3. The molecule has 0 unspecified atom stereocenters. The van der Waals surface area contributed by atoms with Crippen LogP contribution in [0.25, 0.3) is 11.2 Å². The number of hydrogen-bond donors (Lipinski definition) is 1. The molecule has 0 spiro atoms. The quantitative estimate of drug-likeness (QED) is 0.133. The van der Waals surface area contributed by atoms with E-state index in [9.17, 15) is 40.4 Å². The number of carbonyl (C=O) groups excluding carboxylic acids is 3. The number of fused-ring (bicyclic) bond motifs is 1. The van der Waals surface area contributed by atoms with Crippen molar-refractivity contribution >= 4 is 39.2 Å². The average Bonchev–Trinajstić information content (AvgIpc) is 3.42. The SMILES string of the molecule is O=C(Oc1c2c3oc1c(C(=O)OCCCCC(F)(F)C(F)(F)S(=O)(=O)O)c3C(=O)O2)c1ccccc1. The van der Waals surface area contributed by atoms with E-state index in [1.807, 2.05) is 0 Å². The Hall–Kier alpha value is -3.72. The molecule has 36 heavy (non-hydrogen) atoms. The second-order valence-electron chi connectivity index (χ2n) is 7.60. The van der Waals surface area contributed by atoms with Gasteiger partial charge < -0.3 is 18.6 Å². The van der Waals surface area contributed by atoms with Gasteiger partial charge in [-0.3, -0.25) is 4.55 Å². The van der Waals surface area contributed by atoms with Gasteiger partial charge in [-0.15, -0.1) is 0 Å². The highest BCUT2D eigenvalue weighted by molar-refractivity contribution is 7.87. The largest absolute Gasteiger partial charge is 0.462 e. The van der Waals surface area contributed by atoms with Crippen LogP contribution in [0, 0.1) is 0 Å². The molecule has 0 amide bonds. The number of halogens is 4. The second-order valence-corrected chi connectivity index (χ2v) is 9.07. The molecule has 3 aromatic rings. The molecular formula is C21H14F4O10S. The lowest BCUT2D eigenvalue weighted by molar-refractivity contribution is -0.164. The van der Waals surface area contributed by atoms with E-state index in [0.29, 0.717) is 0 Å². The van der Waals surface area contributed by atoms with E-state index in [0.717, 1.165) is 0 Å². The van der Waals surface area contributed by atoms with Gasteiger partial charge in [0.15, 0.2) is 11.2 Å². The maximum Gasteiger partial charge on any atom is 0.431 e. The molecule has 10 nitrogen and oxygen atoms in total. The van der Waals surface area contributed by atoms with Crippen LogP contribution >= 0.6 is 0 Å². The number of unbranched alkanes of at least 4 members (excludes halogenated alkanes) is 1. The summed E-state index contributed by atoms with van der Waals surface area (Å²) in [6, 6.07) is 7.71. The molecule has 0 aliphatic carbocycles. The van der Waals surface area contributed by atoms with Gasteiger partial charge in [0.1, 0.15) is 11.1 Å². The highest BCUT2D eigenvalue weighted by atomic mass is 32.2. The van der Waals surface area contributed by atoms with Crippen molar-refractivity contribution in [3.63, 3.8) is 0 Å². The van der Waals surface area contributed by atoms with Crippen LogP contribution in [0.5, 0.6) is 11.5 Å². The summed E-state index contributed by atoms with van der Waals surface area (Å²) in [6.07, 6.45) is -2.75. The molecule has 3 heterocycles. The van der Waals surface area contributed by atoms with Crippen LogP contribution in [-0.2, 0) is 14.9 Å². The van der Waals surface area contributed by atoms with Crippen molar-refractivity contribution in [2.45, 2.75) is 30.4 Å². The highest BCUT2D eigenvalue weighted by Crippen LogP contribution is 2.52. The van der Waals surface area contributed by atoms with Crippen molar-refractivity contribution < 1.29 is 63.5 Å². The summed E-state index contributed by atoms with van der Waals surface area (Å²) in [5.74, 6) is -8.62. The molecule has 1 aromatic carbocycles. The minimum Gasteiger partial charge on any atom is -0.462 e. The van der Waals surface area contributed by atoms with E-state index >= 15 is 0 Å². The zero-order valence-electron chi connectivity index (χ0n) is 17.8. The third-order valence-corrected chi connectivity index (χ3v) is 6.15. The first-order valence-corrected chi connectivity index (χ1v) is 11.5. The summed E-state index contributed by atoms with van der Waals surface area (Å²) in [6.45, 7) is -0.587. The number of ether oxygens (including phenoxy) is 3. The predicted octanol–water partition coefficient (Wildman–Crippen LogP) is 4.07. The molecule has 0 saturated carbocycles. The van der Waals surface area contributed by atoms with Gasteiger partial charge in [-0.05, 0) is 25.0 Å². The van der Waals surface area contributed by atoms with Crippen molar-refractivity contribution in [1.82, 2.24) is 0 Å². The average molecular weight is 534 g/mol. The van der Waals surface area contributed by atoms with Crippen LogP contribution in [0.15, 0.2) is 34.7 Å². The molecule has 2 bridgehead atoms. The number of benzene rings is 2. The van der Waals surface area contributed by atoms with Gasteiger partial charge in [0.05, 0.1) is 12.2 Å². The minimum atomic E-state index is -6.35. The third kappa shape index (κ3) is 4.13. The Bertz CT molecular complexity index is 1450. The Morgan fingerprint density at radius 2 is 1.67 bits per heavy atom. The molecule has 192 valence electrons. The maximum absolute atomic E-state index is 13.5. The lowest BCUT2D eigenvalue weighted by atomic mass is 10.1. The van der Waals surface area contributed by atoms with Crippen molar-refractivity contribution in [2.75, 3.05) is 6.61 Å². The fraction of sp³-hybridized carbons (Fsp3) is 0.286. The molecule has 2 aromatic heterocycles. The second kappa shape index (κ2) is 8.74. The van der Waals surface area contributed by atoms with Gasteiger partial charge in [-0.25, -0.2) is 14.4 Å². The maximum atomic E-state index is 13.5. The summed E-state index contributed by atoms with van der Waals surface area (Å²) < 4.78 is 103. The molecule has 15 heteroatoms. The van der Waals surface area contributed by atoms with Crippen LogP contribution in [0.1, 0.15) is 50.3 Å². The van der Waals surface area contributed by atoms with Crippen LogP contribution in [0.3, 0.4) is 0 Å². The molecule has 0 atom stereocenters. The Morgan fingerprint density at radius 1 is 1.00 bits per heavy atom. The predicted molar refractivity (Wildman–Crippen MR) is 109 cm³/mol. The molecule has 0 radical (unpaired) electrons. The molecule has 0 fully saturated rings. The molecular weight excluding hydrogens is 520 g/mol. The summed E-state index contributed by atoms with van der Waals surface area (Å²) >= 11 is 0. The highest BCUT2D eigenvalue weighted by Gasteiger charge is 2.64. The smallest absolute Gasteiger partial charge is 0.431 e. The van der Waals surface area contributed by atoms with E-state index in [-0.39, 0.29) is 33.8 Å². The lowest BCUT2D eigenvalue weighted by Crippen LogP contribution is -2.46. The van der Waals surface area contributed by atoms with Crippen molar-refractivity contribution in [3.8, 4) is 11.5 Å². The number of rotatable bonds is 10. The van der Waals surface area contributed by atoms with Gasteiger partial charge in [0, 0.05) is 6.42 Å². The first kappa shape index (κ1) is 25.4. The number of alkyl halides is 4. The third-order valence-electron chi connectivity index (χ3n) is 5.20. The standard InChI is InChI=1S/C21H14F4O10S/c22-20(23,21(24,25)36(29,30)31)8-4-5-9-32-18(27)11-12-14-16(35-19(12)28)15(13(11)33-14)34-17(26)10-6-2-1-3-7-10/h1-3,6-7H,4-5,8-9H2,(H,29,30,31). The van der Waals surface area contributed by atoms with Crippen molar-refractivity contribution in [1.29, 1.82) is 0 Å². The Balaban J connectivity index is 1.42. The monoisotopic (exact) mass is 534 g/mol. The number of furan rings is 2. The summed E-state index contributed by atoms with van der Waals surface area (Å²) in [5, 5.41) is -5.70. The van der Waals surface area contributed by atoms with E-state index in [2.05, 4.69) is 0 Å². The fourth-order valence-electron chi connectivity index (χ4n) is 3.42. The van der Waals surface area contributed by atoms with Gasteiger partial charge in [-0.2, -0.15) is 26.0 Å². The van der Waals surface area contributed by atoms with Crippen LogP contribution in [0.2, 0.25) is 0 Å². The van der Waals surface area contributed by atoms with Gasteiger partial charge in [-0.1, -0.05) is 18.2 Å². The summed E-state index contributed by atoms with van der Waals surface area (Å²) in [7, 11) is -6.35. The topological polar surface area (TPSA) is 146 Å². The van der Waals surface area contributed by atoms with Gasteiger partial charge in [0.2, 0.25) is 11.5 Å². The Kier molecular flexibility index (Phi) is 6.16. The van der Waals surface area contributed by atoms with E-state index in [1.54, 1.807) is 18.2 Å². The van der Waals surface area contributed by atoms with Crippen molar-refractivity contribution in [2.24, 2.45) is 0 Å². The first-order chi connectivity index (χ1) is 16.8. The minimum absolute atomic E-state index is 0.146. The lowest BCUT2D eigenvalue weighted by Gasteiger charge is -2.23. The zero-order chi connectivity index (χ0) is 26.5.